The van der Waals surface area contributed by atoms with Gasteiger partial charge in [0.2, 0.25) is 0 Å². The monoisotopic (exact) mass is 392 g/mol. The van der Waals surface area contributed by atoms with Crippen molar-refractivity contribution in [1.82, 2.24) is 15.0 Å². The minimum Gasteiger partial charge on any atom is -0.280 e. The van der Waals surface area contributed by atoms with E-state index in [9.17, 15) is 8.42 Å². The number of nitrogens with one attached hydrogen (secondary N) is 1. The summed E-state index contributed by atoms with van der Waals surface area (Å²) in [5.41, 5.74) is 4.86. The maximum Gasteiger partial charge on any atom is 0.261 e. The number of hydrogen-bond acceptors (Lipinski definition) is 4. The van der Waals surface area contributed by atoms with Crippen molar-refractivity contribution < 1.29 is 8.42 Å². The number of rotatable bonds is 5. The molecule has 6 nitrogen and oxygen atoms in total. The summed E-state index contributed by atoms with van der Waals surface area (Å²) in [6.45, 7) is 4.02. The fraction of sp³-hybridized carbons (Fsp3) is 0.143. The Labute approximate surface area is 163 Å². The zero-order valence-electron chi connectivity index (χ0n) is 15.6. The third-order valence-electron chi connectivity index (χ3n) is 4.54. The van der Waals surface area contributed by atoms with Crippen LogP contribution in [0, 0.1) is 6.92 Å². The highest BCUT2D eigenvalue weighted by atomic mass is 32.2. The van der Waals surface area contributed by atoms with E-state index in [-0.39, 0.29) is 4.90 Å². The van der Waals surface area contributed by atoms with Crippen molar-refractivity contribution >= 4 is 26.7 Å². The molecular formula is C21H20N4O2S. The van der Waals surface area contributed by atoms with Crippen LogP contribution in [0.25, 0.3) is 16.7 Å². The fourth-order valence-electron chi connectivity index (χ4n) is 2.89. The van der Waals surface area contributed by atoms with Crippen LogP contribution in [0.15, 0.2) is 71.6 Å². The largest absolute Gasteiger partial charge is 0.280 e. The molecule has 4 aromatic rings. The van der Waals surface area contributed by atoms with Gasteiger partial charge in [-0.3, -0.25) is 4.72 Å². The van der Waals surface area contributed by atoms with Crippen LogP contribution in [-0.2, 0) is 16.4 Å². The van der Waals surface area contributed by atoms with Crippen LogP contribution < -0.4 is 4.72 Å². The number of benzene rings is 3. The topological polar surface area (TPSA) is 76.9 Å². The van der Waals surface area contributed by atoms with Crippen molar-refractivity contribution in [3.05, 3.63) is 77.9 Å². The third-order valence-corrected chi connectivity index (χ3v) is 5.94. The first-order valence-electron chi connectivity index (χ1n) is 9.00. The highest BCUT2D eigenvalue weighted by molar-refractivity contribution is 7.92. The van der Waals surface area contributed by atoms with Crippen LogP contribution in [0.3, 0.4) is 0 Å². The molecule has 4 rings (SSSR count). The van der Waals surface area contributed by atoms with Crippen molar-refractivity contribution in [1.29, 1.82) is 0 Å². The second-order valence-electron chi connectivity index (χ2n) is 6.63. The second-order valence-corrected chi connectivity index (χ2v) is 8.31. The molecule has 0 aliphatic heterocycles. The Morgan fingerprint density at radius 1 is 0.893 bits per heavy atom. The lowest BCUT2D eigenvalue weighted by Gasteiger charge is -2.08. The highest BCUT2D eigenvalue weighted by Crippen LogP contribution is 2.21. The molecule has 0 radical (unpaired) electrons. The number of nitrogens with zero attached hydrogens (tertiary/aromatic N) is 3. The lowest BCUT2D eigenvalue weighted by molar-refractivity contribution is 0.601. The Hall–Kier alpha value is -3.19. The van der Waals surface area contributed by atoms with Gasteiger partial charge in [0.05, 0.1) is 16.3 Å². The molecule has 0 bridgehead atoms. The normalized spacial score (nSPS) is 11.6. The van der Waals surface area contributed by atoms with Gasteiger partial charge in [-0.2, -0.15) is 4.80 Å². The molecule has 142 valence electrons. The molecule has 1 N–H and O–H groups in total. The Morgan fingerprint density at radius 3 is 2.25 bits per heavy atom. The summed E-state index contributed by atoms with van der Waals surface area (Å²) >= 11 is 0. The number of hydrogen-bond donors (Lipinski definition) is 1. The lowest BCUT2D eigenvalue weighted by Crippen LogP contribution is -2.12. The Bertz CT molecular complexity index is 1230. The molecule has 0 unspecified atom stereocenters. The van der Waals surface area contributed by atoms with E-state index < -0.39 is 10.0 Å². The summed E-state index contributed by atoms with van der Waals surface area (Å²) in [5, 5.41) is 8.96. The zero-order valence-corrected chi connectivity index (χ0v) is 16.4. The molecule has 3 aromatic carbocycles. The van der Waals surface area contributed by atoms with E-state index >= 15 is 0 Å². The van der Waals surface area contributed by atoms with Gasteiger partial charge < -0.3 is 0 Å². The molecule has 0 saturated carbocycles. The van der Waals surface area contributed by atoms with Crippen LogP contribution in [-0.4, -0.2) is 23.4 Å². The van der Waals surface area contributed by atoms with E-state index in [1.807, 2.05) is 31.2 Å². The summed E-state index contributed by atoms with van der Waals surface area (Å²) in [6, 6.07) is 19.9. The molecule has 0 aliphatic rings. The minimum atomic E-state index is -3.66. The van der Waals surface area contributed by atoms with E-state index in [0.29, 0.717) is 16.7 Å². The predicted molar refractivity (Wildman–Crippen MR) is 110 cm³/mol. The van der Waals surface area contributed by atoms with Crippen LogP contribution >= 0.6 is 0 Å². The molecule has 0 atom stereocenters. The number of sulfonamides is 1. The maximum atomic E-state index is 12.6. The second kappa shape index (κ2) is 7.09. The van der Waals surface area contributed by atoms with Crippen molar-refractivity contribution in [3.8, 4) is 5.69 Å². The first-order chi connectivity index (χ1) is 13.4. The van der Waals surface area contributed by atoms with Crippen LogP contribution in [0.5, 0.6) is 0 Å². The van der Waals surface area contributed by atoms with Gasteiger partial charge in [0, 0.05) is 0 Å². The molecule has 0 amide bonds. The molecule has 0 spiro atoms. The first kappa shape index (κ1) is 18.2. The summed E-state index contributed by atoms with van der Waals surface area (Å²) < 4.78 is 27.8. The van der Waals surface area contributed by atoms with Gasteiger partial charge >= 0.3 is 0 Å². The fourth-order valence-corrected chi connectivity index (χ4v) is 3.94. The van der Waals surface area contributed by atoms with E-state index in [4.69, 9.17) is 0 Å². The van der Waals surface area contributed by atoms with Gasteiger partial charge in [-0.25, -0.2) is 8.42 Å². The molecule has 1 heterocycles. The number of anilines is 1. The van der Waals surface area contributed by atoms with Crippen molar-refractivity contribution in [2.75, 3.05) is 4.72 Å². The summed E-state index contributed by atoms with van der Waals surface area (Å²) in [6.07, 6.45) is 0.972. The molecule has 28 heavy (non-hydrogen) atoms. The zero-order chi connectivity index (χ0) is 19.7. The molecule has 7 heteroatoms. The SMILES string of the molecule is CCc1ccc(-n2nc3ccc(NS(=O)(=O)c4ccc(C)cc4)cc3n2)cc1. The number of aryl methyl sites for hydroxylation is 2. The molecule has 0 saturated heterocycles. The van der Waals surface area contributed by atoms with Gasteiger partial charge in [0.25, 0.3) is 10.0 Å². The summed E-state index contributed by atoms with van der Waals surface area (Å²) in [4.78, 5) is 1.78. The van der Waals surface area contributed by atoms with Gasteiger partial charge in [-0.05, 0) is 61.4 Å². The van der Waals surface area contributed by atoms with E-state index in [2.05, 4.69) is 21.8 Å². The standard InChI is InChI=1S/C21H20N4O2S/c1-3-16-6-9-18(10-7-16)25-22-20-13-8-17(14-21(20)23-25)24-28(26,27)19-11-4-15(2)5-12-19/h4-14,24H,3H2,1-2H3. The lowest BCUT2D eigenvalue weighted by atomic mass is 10.2. The van der Waals surface area contributed by atoms with Crippen molar-refractivity contribution in [2.24, 2.45) is 0 Å². The smallest absolute Gasteiger partial charge is 0.261 e. The first-order valence-corrected chi connectivity index (χ1v) is 10.5. The summed E-state index contributed by atoms with van der Waals surface area (Å²) in [7, 11) is -3.66. The number of fused-ring (bicyclic) bond motifs is 1. The Morgan fingerprint density at radius 2 is 1.57 bits per heavy atom. The van der Waals surface area contributed by atoms with Gasteiger partial charge in [-0.1, -0.05) is 36.8 Å². The Kier molecular flexibility index (Phi) is 4.60. The molecule has 0 aliphatic carbocycles. The average Bonchev–Trinajstić information content (AvgIpc) is 3.11. The quantitative estimate of drug-likeness (QED) is 0.555. The minimum absolute atomic E-state index is 0.220. The van der Waals surface area contributed by atoms with E-state index in [1.54, 1.807) is 47.3 Å². The van der Waals surface area contributed by atoms with Gasteiger partial charge in [0.1, 0.15) is 11.0 Å². The van der Waals surface area contributed by atoms with Crippen molar-refractivity contribution in [2.45, 2.75) is 25.2 Å². The third kappa shape index (κ3) is 3.61. The van der Waals surface area contributed by atoms with Gasteiger partial charge in [0.15, 0.2) is 0 Å². The highest BCUT2D eigenvalue weighted by Gasteiger charge is 2.15. The maximum absolute atomic E-state index is 12.6. The number of aromatic nitrogens is 3. The van der Waals surface area contributed by atoms with E-state index in [0.717, 1.165) is 17.7 Å². The van der Waals surface area contributed by atoms with Crippen LogP contribution in [0.2, 0.25) is 0 Å². The molecule has 1 aromatic heterocycles. The van der Waals surface area contributed by atoms with Crippen LogP contribution in [0.4, 0.5) is 5.69 Å². The predicted octanol–water partition coefficient (Wildman–Crippen LogP) is 4.09. The molecule has 0 fully saturated rings. The van der Waals surface area contributed by atoms with Crippen LogP contribution in [0.1, 0.15) is 18.1 Å². The van der Waals surface area contributed by atoms with Crippen molar-refractivity contribution in [3.63, 3.8) is 0 Å². The Balaban J connectivity index is 1.63. The van der Waals surface area contributed by atoms with Gasteiger partial charge in [-0.15, -0.1) is 10.2 Å². The molecular weight excluding hydrogens is 372 g/mol. The van der Waals surface area contributed by atoms with E-state index in [1.165, 1.54) is 5.56 Å². The average molecular weight is 392 g/mol. The summed E-state index contributed by atoms with van der Waals surface area (Å²) in [5.74, 6) is 0.